The Balaban J connectivity index is 2.43. The first kappa shape index (κ1) is 5.53. The van der Waals surface area contributed by atoms with Gasteiger partial charge in [-0.1, -0.05) is 6.58 Å². The van der Waals surface area contributed by atoms with E-state index in [4.69, 9.17) is 0 Å². The summed E-state index contributed by atoms with van der Waals surface area (Å²) < 4.78 is 1.97. The summed E-state index contributed by atoms with van der Waals surface area (Å²) in [5.41, 5.74) is 0. The van der Waals surface area contributed by atoms with Gasteiger partial charge in [0.05, 0.1) is 12.7 Å². The van der Waals surface area contributed by atoms with Crippen LogP contribution in [0.4, 0.5) is 5.82 Å². The molecule has 1 aromatic heterocycles. The van der Waals surface area contributed by atoms with Gasteiger partial charge in [0.2, 0.25) is 0 Å². The maximum Gasteiger partial charge on any atom is 0.130 e. The van der Waals surface area contributed by atoms with E-state index in [-0.39, 0.29) is 0 Å². The summed E-state index contributed by atoms with van der Waals surface area (Å²) in [6, 6.07) is 1.99. The van der Waals surface area contributed by atoms with Crippen molar-refractivity contribution in [1.29, 1.82) is 0 Å². The van der Waals surface area contributed by atoms with Gasteiger partial charge in [-0.25, -0.2) is 4.68 Å². The smallest absolute Gasteiger partial charge is 0.130 e. The molecule has 2 heterocycles. The van der Waals surface area contributed by atoms with Crippen LogP contribution in [0.5, 0.6) is 0 Å². The molecule has 52 valence electrons. The number of aromatic nitrogens is 2. The average Bonchev–Trinajstić information content (AvgIpc) is 2.44. The molecule has 0 amide bonds. The van der Waals surface area contributed by atoms with Gasteiger partial charge in [0.25, 0.3) is 0 Å². The maximum atomic E-state index is 4.12. The molecule has 0 saturated heterocycles. The molecule has 10 heavy (non-hydrogen) atoms. The van der Waals surface area contributed by atoms with Crippen molar-refractivity contribution >= 4 is 5.82 Å². The molecule has 0 unspecified atom stereocenters. The van der Waals surface area contributed by atoms with Crippen LogP contribution in [0.25, 0.3) is 0 Å². The fourth-order valence-electron chi connectivity index (χ4n) is 1.24. The summed E-state index contributed by atoms with van der Waals surface area (Å²) in [6.45, 7) is 5.69. The Morgan fingerprint density at radius 1 is 1.60 bits per heavy atom. The number of fused-ring (bicyclic) bond motifs is 1. The third-order valence-electron chi connectivity index (χ3n) is 1.76. The molecule has 0 atom stereocenters. The van der Waals surface area contributed by atoms with Gasteiger partial charge in [-0.3, -0.25) is 0 Å². The first-order valence-electron chi connectivity index (χ1n) is 3.33. The number of hydrogen-bond donors (Lipinski definition) is 0. The highest BCUT2D eigenvalue weighted by atomic mass is 15.4. The van der Waals surface area contributed by atoms with Gasteiger partial charge in [0.15, 0.2) is 0 Å². The standard InChI is InChI=1S/C7H9N3/c1-2-9-5-6-10-7(9)3-4-8-10/h2-4H,1,5-6H2. The highest BCUT2D eigenvalue weighted by Crippen LogP contribution is 2.18. The van der Waals surface area contributed by atoms with Crippen LogP contribution in [0.2, 0.25) is 0 Å². The van der Waals surface area contributed by atoms with E-state index in [0.29, 0.717) is 0 Å². The zero-order valence-electron chi connectivity index (χ0n) is 5.70. The van der Waals surface area contributed by atoms with Crippen LogP contribution in [0.3, 0.4) is 0 Å². The maximum absolute atomic E-state index is 4.12. The number of rotatable bonds is 1. The van der Waals surface area contributed by atoms with Crippen molar-refractivity contribution in [3.63, 3.8) is 0 Å². The molecule has 3 nitrogen and oxygen atoms in total. The molecule has 0 aromatic carbocycles. The molecule has 3 heteroatoms. The lowest BCUT2D eigenvalue weighted by atomic mass is 10.5. The van der Waals surface area contributed by atoms with E-state index < -0.39 is 0 Å². The summed E-state index contributed by atoms with van der Waals surface area (Å²) in [5, 5.41) is 4.12. The molecule has 0 fully saturated rings. The zero-order chi connectivity index (χ0) is 6.97. The molecule has 0 N–H and O–H groups in total. The van der Waals surface area contributed by atoms with Gasteiger partial charge in [0, 0.05) is 12.6 Å². The van der Waals surface area contributed by atoms with Gasteiger partial charge < -0.3 is 4.90 Å². The molecule has 2 rings (SSSR count). The van der Waals surface area contributed by atoms with Crippen molar-refractivity contribution in [3.8, 4) is 0 Å². The van der Waals surface area contributed by atoms with Crippen molar-refractivity contribution in [3.05, 3.63) is 25.0 Å². The molecular formula is C7H9N3. The second-order valence-corrected chi connectivity index (χ2v) is 2.29. The van der Waals surface area contributed by atoms with Gasteiger partial charge in [-0.05, 0) is 6.20 Å². The van der Waals surface area contributed by atoms with Crippen LogP contribution >= 0.6 is 0 Å². The number of hydrogen-bond acceptors (Lipinski definition) is 2. The predicted octanol–water partition coefficient (Wildman–Crippen LogP) is 0.847. The van der Waals surface area contributed by atoms with Crippen LogP contribution in [0.1, 0.15) is 0 Å². The van der Waals surface area contributed by atoms with E-state index in [1.165, 1.54) is 0 Å². The molecular weight excluding hydrogens is 126 g/mol. The SMILES string of the molecule is C=CN1CCn2nccc21. The highest BCUT2D eigenvalue weighted by molar-refractivity contribution is 5.44. The van der Waals surface area contributed by atoms with Crippen LogP contribution < -0.4 is 4.90 Å². The van der Waals surface area contributed by atoms with Gasteiger partial charge >= 0.3 is 0 Å². The summed E-state index contributed by atoms with van der Waals surface area (Å²) in [6.07, 6.45) is 3.64. The Labute approximate surface area is 59.6 Å². The van der Waals surface area contributed by atoms with E-state index in [1.807, 2.05) is 23.1 Å². The minimum Gasteiger partial charge on any atom is -0.332 e. The molecule has 1 aliphatic heterocycles. The van der Waals surface area contributed by atoms with Gasteiger partial charge in [-0.15, -0.1) is 0 Å². The van der Waals surface area contributed by atoms with E-state index in [1.54, 1.807) is 0 Å². The van der Waals surface area contributed by atoms with Crippen LogP contribution in [-0.2, 0) is 6.54 Å². The molecule has 1 aliphatic rings. The fourth-order valence-corrected chi connectivity index (χ4v) is 1.24. The van der Waals surface area contributed by atoms with E-state index in [9.17, 15) is 0 Å². The largest absolute Gasteiger partial charge is 0.332 e. The number of nitrogens with zero attached hydrogens (tertiary/aromatic N) is 3. The molecule has 0 spiro atoms. The zero-order valence-corrected chi connectivity index (χ0v) is 5.70. The monoisotopic (exact) mass is 135 g/mol. The van der Waals surface area contributed by atoms with Crippen molar-refractivity contribution in [2.24, 2.45) is 0 Å². The second kappa shape index (κ2) is 1.87. The minimum absolute atomic E-state index is 0.981. The lowest BCUT2D eigenvalue weighted by Gasteiger charge is -2.07. The van der Waals surface area contributed by atoms with Crippen molar-refractivity contribution in [2.75, 3.05) is 11.4 Å². The third kappa shape index (κ3) is 0.572. The summed E-state index contributed by atoms with van der Waals surface area (Å²) in [4.78, 5) is 2.09. The Morgan fingerprint density at radius 2 is 2.50 bits per heavy atom. The highest BCUT2D eigenvalue weighted by Gasteiger charge is 2.15. The first-order chi connectivity index (χ1) is 4.92. The molecule has 0 bridgehead atoms. The van der Waals surface area contributed by atoms with E-state index in [0.717, 1.165) is 18.9 Å². The average molecular weight is 135 g/mol. The summed E-state index contributed by atoms with van der Waals surface area (Å²) >= 11 is 0. The lowest BCUT2D eigenvalue weighted by Crippen LogP contribution is -2.10. The Morgan fingerprint density at radius 3 is 3.30 bits per heavy atom. The molecule has 0 radical (unpaired) electrons. The Kier molecular flexibility index (Phi) is 1.03. The normalized spacial score (nSPS) is 15.4. The van der Waals surface area contributed by atoms with E-state index >= 15 is 0 Å². The molecule has 0 aliphatic carbocycles. The summed E-state index contributed by atoms with van der Waals surface area (Å²) in [5.74, 6) is 1.15. The molecule has 0 saturated carbocycles. The molecule has 1 aromatic rings. The fraction of sp³-hybridized carbons (Fsp3) is 0.286. The van der Waals surface area contributed by atoms with Crippen molar-refractivity contribution in [2.45, 2.75) is 6.54 Å². The predicted molar refractivity (Wildman–Crippen MR) is 39.8 cm³/mol. The van der Waals surface area contributed by atoms with E-state index in [2.05, 4.69) is 16.6 Å². The number of anilines is 1. The quantitative estimate of drug-likeness (QED) is 0.569. The Bertz CT molecular complexity index is 251. The van der Waals surface area contributed by atoms with Crippen LogP contribution in [0.15, 0.2) is 25.0 Å². The topological polar surface area (TPSA) is 21.1 Å². The minimum atomic E-state index is 0.981. The van der Waals surface area contributed by atoms with Gasteiger partial charge in [-0.2, -0.15) is 5.10 Å². The first-order valence-corrected chi connectivity index (χ1v) is 3.33. The lowest BCUT2D eigenvalue weighted by molar-refractivity contribution is 0.693. The Hall–Kier alpha value is -1.25. The van der Waals surface area contributed by atoms with Crippen molar-refractivity contribution in [1.82, 2.24) is 9.78 Å². The van der Waals surface area contributed by atoms with Crippen LogP contribution in [0, 0.1) is 0 Å². The third-order valence-corrected chi connectivity index (χ3v) is 1.76. The van der Waals surface area contributed by atoms with Crippen molar-refractivity contribution < 1.29 is 0 Å². The van der Waals surface area contributed by atoms with Gasteiger partial charge in [0.1, 0.15) is 5.82 Å². The summed E-state index contributed by atoms with van der Waals surface area (Å²) in [7, 11) is 0. The van der Waals surface area contributed by atoms with Crippen LogP contribution in [-0.4, -0.2) is 16.3 Å². The second-order valence-electron chi connectivity index (χ2n) is 2.29.